The molecule has 7 heteroatoms. The van der Waals surface area contributed by atoms with Crippen LogP contribution in [0.15, 0.2) is 36.4 Å². The first kappa shape index (κ1) is 23.1. The Balaban J connectivity index is 1.29. The van der Waals surface area contributed by atoms with Gasteiger partial charge in [0.05, 0.1) is 36.4 Å². The van der Waals surface area contributed by atoms with Crippen LogP contribution in [0.2, 0.25) is 0 Å². The van der Waals surface area contributed by atoms with Crippen LogP contribution >= 0.6 is 0 Å². The number of esters is 1. The van der Waals surface area contributed by atoms with Gasteiger partial charge >= 0.3 is 13.1 Å². The zero-order chi connectivity index (χ0) is 23.1. The molecular weight excluding hydrogens is 407 g/mol. The Labute approximate surface area is 190 Å². The highest BCUT2D eigenvalue weighted by atomic mass is 16.7. The number of carbonyl (C=O) groups excluding carboxylic acids is 1. The minimum absolute atomic E-state index is 0.0905. The van der Waals surface area contributed by atoms with E-state index >= 15 is 0 Å². The van der Waals surface area contributed by atoms with Crippen LogP contribution in [-0.2, 0) is 23.6 Å². The normalized spacial score (nSPS) is 26.1. The number of fused-ring (bicyclic) bond motifs is 1. The van der Waals surface area contributed by atoms with Gasteiger partial charge in [0.1, 0.15) is 12.4 Å². The van der Waals surface area contributed by atoms with Gasteiger partial charge in [-0.1, -0.05) is 24.3 Å². The van der Waals surface area contributed by atoms with Gasteiger partial charge in [-0.2, -0.15) is 0 Å². The van der Waals surface area contributed by atoms with Crippen LogP contribution in [0, 0.1) is 5.41 Å². The molecule has 0 bridgehead atoms. The predicted octanol–water partition coefficient (Wildman–Crippen LogP) is 3.88. The maximum atomic E-state index is 11.7. The predicted molar refractivity (Wildman–Crippen MR) is 124 cm³/mol. The van der Waals surface area contributed by atoms with Crippen molar-refractivity contribution in [2.45, 2.75) is 64.8 Å². The van der Waals surface area contributed by atoms with Gasteiger partial charge in [-0.25, -0.2) is 0 Å². The van der Waals surface area contributed by atoms with Crippen molar-refractivity contribution >= 4 is 29.3 Å². The average molecular weight is 440 g/mol. The maximum Gasteiger partial charge on any atom is 0.494 e. The molecule has 2 aromatic rings. The summed E-state index contributed by atoms with van der Waals surface area (Å²) in [5.41, 5.74) is -0.108. The number of hydrogen-bond donors (Lipinski definition) is 0. The van der Waals surface area contributed by atoms with Gasteiger partial charge in [0.15, 0.2) is 0 Å². The molecule has 2 aliphatic rings. The fraction of sp³-hybridized carbons (Fsp3) is 0.560. The number of ether oxygens (including phenoxy) is 3. The molecule has 0 aromatic heterocycles. The van der Waals surface area contributed by atoms with E-state index in [9.17, 15) is 4.79 Å². The Hall–Kier alpha value is -2.09. The summed E-state index contributed by atoms with van der Waals surface area (Å²) in [6.07, 6.45) is 1.48. The van der Waals surface area contributed by atoms with Crippen molar-refractivity contribution in [2.24, 2.45) is 5.41 Å². The molecule has 0 spiro atoms. The Bertz CT molecular complexity index is 979. The zero-order valence-electron chi connectivity index (χ0n) is 19.9. The van der Waals surface area contributed by atoms with E-state index in [0.29, 0.717) is 26.1 Å². The lowest BCUT2D eigenvalue weighted by molar-refractivity contribution is -0.168. The molecule has 0 amide bonds. The van der Waals surface area contributed by atoms with E-state index in [1.807, 2.05) is 31.2 Å². The number of hydrogen-bond acceptors (Lipinski definition) is 6. The quantitative estimate of drug-likeness (QED) is 0.370. The van der Waals surface area contributed by atoms with Gasteiger partial charge in [0, 0.05) is 0 Å². The fourth-order valence-electron chi connectivity index (χ4n) is 4.31. The van der Waals surface area contributed by atoms with Crippen molar-refractivity contribution in [3.05, 3.63) is 36.4 Å². The minimum atomic E-state index is -0.405. The Kier molecular flexibility index (Phi) is 6.03. The summed E-state index contributed by atoms with van der Waals surface area (Å²) in [7, 11) is 1.06. The third-order valence-electron chi connectivity index (χ3n) is 7.10. The first-order chi connectivity index (χ1) is 15.0. The van der Waals surface area contributed by atoms with Gasteiger partial charge in [-0.05, 0) is 75.8 Å². The minimum Gasteiger partial charge on any atom is -0.491 e. The molecule has 32 heavy (non-hydrogen) atoms. The standard InChI is InChI=1S/C25H33BO6/c1-23(2)24(3,4)32-26(31-23)19-9-7-18-14-20(10-8-17(18)13-19)29-11-12-30-21-15-25(5,16-21)22(27)28-6/h7-10,13-14,21H,11-12,15-16H2,1-6H3/t21-,25+. The second-order valence-corrected chi connectivity index (χ2v) is 10.2. The molecule has 1 saturated heterocycles. The summed E-state index contributed by atoms with van der Waals surface area (Å²) >= 11 is 0. The lowest BCUT2D eigenvalue weighted by atomic mass is 9.68. The maximum absolute atomic E-state index is 11.7. The topological polar surface area (TPSA) is 63.2 Å². The number of rotatable bonds is 7. The molecule has 2 aromatic carbocycles. The van der Waals surface area contributed by atoms with Crippen molar-refractivity contribution in [1.82, 2.24) is 0 Å². The summed E-state index contributed by atoms with van der Waals surface area (Å²) in [6.45, 7) is 11.1. The van der Waals surface area contributed by atoms with Crippen LogP contribution in [0.25, 0.3) is 10.8 Å². The van der Waals surface area contributed by atoms with Gasteiger partial charge in [0.25, 0.3) is 0 Å². The number of benzene rings is 2. The number of methoxy groups -OCH3 is 1. The summed E-state index contributed by atoms with van der Waals surface area (Å²) in [4.78, 5) is 11.7. The average Bonchev–Trinajstić information content (AvgIpc) is 2.95. The molecule has 0 unspecified atom stereocenters. The molecule has 4 rings (SSSR count). The SMILES string of the molecule is COC(=O)[C@]1(C)C[C@H](OCCOc2ccc3cc(B4OC(C)(C)C(C)(C)O4)ccc3c2)C1. The fourth-order valence-corrected chi connectivity index (χ4v) is 4.31. The van der Waals surface area contributed by atoms with E-state index < -0.39 is 5.41 Å². The van der Waals surface area contributed by atoms with E-state index in [1.165, 1.54) is 7.11 Å². The summed E-state index contributed by atoms with van der Waals surface area (Å²) < 4.78 is 28.9. The third-order valence-corrected chi connectivity index (χ3v) is 7.10. The number of carbonyl (C=O) groups is 1. The molecule has 1 saturated carbocycles. The molecule has 1 heterocycles. The highest BCUT2D eigenvalue weighted by molar-refractivity contribution is 6.62. The largest absolute Gasteiger partial charge is 0.494 e. The zero-order valence-corrected chi connectivity index (χ0v) is 19.9. The molecule has 6 nitrogen and oxygen atoms in total. The molecule has 0 N–H and O–H groups in total. The van der Waals surface area contributed by atoms with Crippen LogP contribution in [0.1, 0.15) is 47.5 Å². The lowest BCUT2D eigenvalue weighted by Gasteiger charge is -2.42. The van der Waals surface area contributed by atoms with Crippen LogP contribution in [0.3, 0.4) is 0 Å². The third kappa shape index (κ3) is 4.38. The van der Waals surface area contributed by atoms with Gasteiger partial charge in [0.2, 0.25) is 0 Å². The molecule has 1 aliphatic carbocycles. The van der Waals surface area contributed by atoms with Crippen molar-refractivity contribution in [3.8, 4) is 5.75 Å². The Morgan fingerprint density at radius 3 is 2.25 bits per heavy atom. The van der Waals surface area contributed by atoms with Crippen LogP contribution in [0.5, 0.6) is 5.75 Å². The Morgan fingerprint density at radius 1 is 0.969 bits per heavy atom. The van der Waals surface area contributed by atoms with Gasteiger partial charge in [-0.3, -0.25) is 4.79 Å². The first-order valence-corrected chi connectivity index (χ1v) is 11.3. The molecule has 172 valence electrons. The second kappa shape index (κ2) is 8.36. The van der Waals surface area contributed by atoms with Crippen molar-refractivity contribution in [3.63, 3.8) is 0 Å². The smallest absolute Gasteiger partial charge is 0.491 e. The van der Waals surface area contributed by atoms with Crippen molar-refractivity contribution in [1.29, 1.82) is 0 Å². The van der Waals surface area contributed by atoms with Gasteiger partial charge in [-0.15, -0.1) is 0 Å². The van der Waals surface area contributed by atoms with Crippen molar-refractivity contribution < 1.29 is 28.3 Å². The van der Waals surface area contributed by atoms with Crippen LogP contribution in [-0.4, -0.2) is 50.7 Å². The van der Waals surface area contributed by atoms with E-state index in [-0.39, 0.29) is 30.4 Å². The van der Waals surface area contributed by atoms with E-state index in [4.69, 9.17) is 23.5 Å². The molecule has 0 radical (unpaired) electrons. The second-order valence-electron chi connectivity index (χ2n) is 10.2. The Morgan fingerprint density at radius 2 is 1.59 bits per heavy atom. The summed E-state index contributed by atoms with van der Waals surface area (Å²) in [6, 6.07) is 12.3. The van der Waals surface area contributed by atoms with E-state index in [2.05, 4.69) is 39.8 Å². The molecule has 2 fully saturated rings. The highest BCUT2D eigenvalue weighted by Gasteiger charge is 2.51. The van der Waals surface area contributed by atoms with Crippen molar-refractivity contribution in [2.75, 3.05) is 20.3 Å². The molecule has 0 atom stereocenters. The highest BCUT2D eigenvalue weighted by Crippen LogP contribution is 2.43. The lowest BCUT2D eigenvalue weighted by Crippen LogP contribution is -2.46. The molecular formula is C25H33BO6. The van der Waals surface area contributed by atoms with Crippen LogP contribution < -0.4 is 10.2 Å². The van der Waals surface area contributed by atoms with Gasteiger partial charge < -0.3 is 23.5 Å². The summed E-state index contributed by atoms with van der Waals surface area (Å²) in [5, 5.41) is 2.20. The summed E-state index contributed by atoms with van der Waals surface area (Å²) in [5.74, 6) is 0.642. The van der Waals surface area contributed by atoms with E-state index in [1.54, 1.807) is 0 Å². The van der Waals surface area contributed by atoms with Crippen LogP contribution in [0.4, 0.5) is 0 Å². The molecule has 1 aliphatic heterocycles. The first-order valence-electron chi connectivity index (χ1n) is 11.3. The monoisotopic (exact) mass is 440 g/mol. The van der Waals surface area contributed by atoms with E-state index in [0.717, 1.165) is 22.0 Å².